The van der Waals surface area contributed by atoms with E-state index in [9.17, 15) is 14.4 Å². The average molecular weight is 364 g/mol. The Labute approximate surface area is 156 Å². The van der Waals surface area contributed by atoms with Crippen LogP contribution in [0.5, 0.6) is 0 Å². The SMILES string of the molecule is CCc1ccc(NC(=O)C(C)OC(=O)c2cc(=O)[nH]c3ccccc23)cc1. The molecule has 2 N–H and O–H groups in total. The lowest BCUT2D eigenvalue weighted by atomic mass is 10.1. The second kappa shape index (κ2) is 7.86. The number of anilines is 1. The van der Waals surface area contributed by atoms with E-state index in [1.165, 1.54) is 13.0 Å². The lowest BCUT2D eigenvalue weighted by molar-refractivity contribution is -0.123. The fraction of sp³-hybridized carbons (Fsp3) is 0.190. The molecule has 1 unspecified atom stereocenters. The van der Waals surface area contributed by atoms with Crippen molar-refractivity contribution in [2.45, 2.75) is 26.4 Å². The van der Waals surface area contributed by atoms with Crippen molar-refractivity contribution in [3.05, 3.63) is 76.1 Å². The highest BCUT2D eigenvalue weighted by Gasteiger charge is 2.21. The molecule has 2 aromatic carbocycles. The highest BCUT2D eigenvalue weighted by molar-refractivity contribution is 6.04. The summed E-state index contributed by atoms with van der Waals surface area (Å²) in [5, 5.41) is 3.27. The monoisotopic (exact) mass is 364 g/mol. The Morgan fingerprint density at radius 1 is 1.11 bits per heavy atom. The van der Waals surface area contributed by atoms with E-state index in [4.69, 9.17) is 4.74 Å². The van der Waals surface area contributed by atoms with Crippen molar-refractivity contribution in [3.8, 4) is 0 Å². The molecule has 1 aromatic heterocycles. The summed E-state index contributed by atoms with van der Waals surface area (Å²) in [6.45, 7) is 3.54. The van der Waals surface area contributed by atoms with Crippen molar-refractivity contribution in [2.75, 3.05) is 5.32 Å². The molecule has 1 heterocycles. The molecule has 0 radical (unpaired) electrons. The molecule has 138 valence electrons. The number of fused-ring (bicyclic) bond motifs is 1. The van der Waals surface area contributed by atoms with E-state index in [2.05, 4.69) is 10.3 Å². The van der Waals surface area contributed by atoms with Gasteiger partial charge in [-0.2, -0.15) is 0 Å². The summed E-state index contributed by atoms with van der Waals surface area (Å²) >= 11 is 0. The minimum absolute atomic E-state index is 0.126. The quantitative estimate of drug-likeness (QED) is 0.680. The van der Waals surface area contributed by atoms with Gasteiger partial charge in [-0.1, -0.05) is 37.3 Å². The number of aromatic nitrogens is 1. The number of amides is 1. The molecular formula is C21H20N2O4. The van der Waals surface area contributed by atoms with Crippen LogP contribution in [0, 0.1) is 0 Å². The second-order valence-corrected chi connectivity index (χ2v) is 6.18. The smallest absolute Gasteiger partial charge is 0.339 e. The predicted molar refractivity (Wildman–Crippen MR) is 104 cm³/mol. The Bertz CT molecular complexity index is 1040. The van der Waals surface area contributed by atoms with Crippen molar-refractivity contribution in [1.82, 2.24) is 4.98 Å². The van der Waals surface area contributed by atoms with Gasteiger partial charge in [0.15, 0.2) is 6.10 Å². The topological polar surface area (TPSA) is 88.3 Å². The summed E-state index contributed by atoms with van der Waals surface area (Å²) < 4.78 is 5.27. The van der Waals surface area contributed by atoms with Crippen LogP contribution in [0.25, 0.3) is 10.9 Å². The van der Waals surface area contributed by atoms with Crippen LogP contribution in [0.2, 0.25) is 0 Å². The van der Waals surface area contributed by atoms with Crippen LogP contribution < -0.4 is 10.9 Å². The molecule has 0 spiro atoms. The van der Waals surface area contributed by atoms with Crippen LogP contribution >= 0.6 is 0 Å². The van der Waals surface area contributed by atoms with Gasteiger partial charge in [0.2, 0.25) is 5.56 Å². The number of benzene rings is 2. The average Bonchev–Trinajstić information content (AvgIpc) is 2.67. The van der Waals surface area contributed by atoms with Crippen LogP contribution in [0.15, 0.2) is 59.4 Å². The standard InChI is InChI=1S/C21H20N2O4/c1-3-14-8-10-15(11-9-14)22-20(25)13(2)27-21(26)17-12-19(24)23-18-7-5-4-6-16(17)18/h4-13H,3H2,1-2H3,(H,22,25)(H,23,24). The number of hydrogen-bond acceptors (Lipinski definition) is 4. The third-order valence-electron chi connectivity index (χ3n) is 4.25. The Balaban J connectivity index is 1.73. The van der Waals surface area contributed by atoms with Gasteiger partial charge in [-0.05, 0) is 37.1 Å². The Kier molecular flexibility index (Phi) is 5.35. The fourth-order valence-corrected chi connectivity index (χ4v) is 2.72. The molecule has 0 fully saturated rings. The van der Waals surface area contributed by atoms with Gasteiger partial charge in [0, 0.05) is 22.7 Å². The number of para-hydroxylation sites is 1. The molecule has 6 nitrogen and oxygen atoms in total. The molecule has 0 aliphatic carbocycles. The number of aryl methyl sites for hydroxylation is 1. The van der Waals surface area contributed by atoms with Gasteiger partial charge in [-0.15, -0.1) is 0 Å². The summed E-state index contributed by atoms with van der Waals surface area (Å²) in [6, 6.07) is 15.6. The van der Waals surface area contributed by atoms with E-state index in [0.717, 1.165) is 12.0 Å². The van der Waals surface area contributed by atoms with E-state index in [1.54, 1.807) is 36.4 Å². The summed E-state index contributed by atoms with van der Waals surface area (Å²) in [6.07, 6.45) is -0.103. The highest BCUT2D eigenvalue weighted by Crippen LogP contribution is 2.17. The normalized spacial score (nSPS) is 11.8. The van der Waals surface area contributed by atoms with E-state index < -0.39 is 23.5 Å². The molecule has 27 heavy (non-hydrogen) atoms. The maximum absolute atomic E-state index is 12.5. The highest BCUT2D eigenvalue weighted by atomic mass is 16.5. The van der Waals surface area contributed by atoms with Crippen LogP contribution in [-0.2, 0) is 16.0 Å². The molecule has 0 saturated carbocycles. The Morgan fingerprint density at radius 3 is 2.52 bits per heavy atom. The first-order chi connectivity index (χ1) is 13.0. The van der Waals surface area contributed by atoms with E-state index >= 15 is 0 Å². The number of ether oxygens (including phenoxy) is 1. The zero-order valence-electron chi connectivity index (χ0n) is 15.1. The van der Waals surface area contributed by atoms with Gasteiger partial charge < -0.3 is 15.0 Å². The number of pyridine rings is 1. The second-order valence-electron chi connectivity index (χ2n) is 6.18. The fourth-order valence-electron chi connectivity index (χ4n) is 2.72. The number of aromatic amines is 1. The first-order valence-corrected chi connectivity index (χ1v) is 8.70. The van der Waals surface area contributed by atoms with E-state index in [0.29, 0.717) is 16.6 Å². The number of hydrogen-bond donors (Lipinski definition) is 2. The molecule has 6 heteroatoms. The first kappa shape index (κ1) is 18.4. The van der Waals surface area contributed by atoms with Crippen molar-refractivity contribution in [1.29, 1.82) is 0 Å². The van der Waals surface area contributed by atoms with E-state index in [1.807, 2.05) is 19.1 Å². The van der Waals surface area contributed by atoms with Gasteiger partial charge in [-0.25, -0.2) is 4.79 Å². The van der Waals surface area contributed by atoms with Crippen molar-refractivity contribution >= 4 is 28.5 Å². The molecule has 3 aromatic rings. The van der Waals surface area contributed by atoms with Crippen LogP contribution in [0.1, 0.15) is 29.8 Å². The summed E-state index contributed by atoms with van der Waals surface area (Å²) in [5.74, 6) is -1.16. The van der Waals surface area contributed by atoms with Gasteiger partial charge in [0.25, 0.3) is 5.91 Å². The van der Waals surface area contributed by atoms with Crippen molar-refractivity contribution in [2.24, 2.45) is 0 Å². The maximum atomic E-state index is 12.5. The Hall–Kier alpha value is -3.41. The molecule has 0 aliphatic heterocycles. The minimum atomic E-state index is -1.01. The van der Waals surface area contributed by atoms with Crippen molar-refractivity contribution in [3.63, 3.8) is 0 Å². The zero-order chi connectivity index (χ0) is 19.4. The van der Waals surface area contributed by atoms with Gasteiger partial charge in [0.1, 0.15) is 0 Å². The minimum Gasteiger partial charge on any atom is -0.449 e. The van der Waals surface area contributed by atoms with Crippen molar-refractivity contribution < 1.29 is 14.3 Å². The Morgan fingerprint density at radius 2 is 1.81 bits per heavy atom. The number of carbonyl (C=O) groups excluding carboxylic acids is 2. The third kappa shape index (κ3) is 4.23. The number of H-pyrrole nitrogens is 1. The molecular weight excluding hydrogens is 344 g/mol. The summed E-state index contributed by atoms with van der Waals surface area (Å²) in [5.41, 5.74) is 2.04. The molecule has 1 amide bonds. The van der Waals surface area contributed by atoms with Crippen LogP contribution in [0.4, 0.5) is 5.69 Å². The van der Waals surface area contributed by atoms with Gasteiger partial charge in [-0.3, -0.25) is 9.59 Å². The number of rotatable bonds is 5. The summed E-state index contributed by atoms with van der Waals surface area (Å²) in [4.78, 5) is 39.3. The first-order valence-electron chi connectivity index (χ1n) is 8.70. The molecule has 0 bridgehead atoms. The van der Waals surface area contributed by atoms with Gasteiger partial charge in [0.05, 0.1) is 5.56 Å². The zero-order valence-corrected chi connectivity index (χ0v) is 15.1. The molecule has 0 saturated heterocycles. The van der Waals surface area contributed by atoms with Gasteiger partial charge >= 0.3 is 5.97 Å². The predicted octanol–water partition coefficient (Wildman–Crippen LogP) is 3.27. The number of nitrogens with one attached hydrogen (secondary N) is 2. The van der Waals surface area contributed by atoms with Crippen LogP contribution in [-0.4, -0.2) is 23.0 Å². The summed E-state index contributed by atoms with van der Waals surface area (Å²) in [7, 11) is 0. The molecule has 0 aliphatic rings. The lowest BCUT2D eigenvalue weighted by Crippen LogP contribution is -2.30. The molecule has 1 atom stereocenters. The number of carbonyl (C=O) groups is 2. The third-order valence-corrected chi connectivity index (χ3v) is 4.25. The van der Waals surface area contributed by atoms with Crippen LogP contribution in [0.3, 0.4) is 0 Å². The largest absolute Gasteiger partial charge is 0.449 e. The molecule has 3 rings (SSSR count). The lowest BCUT2D eigenvalue weighted by Gasteiger charge is -2.14. The number of esters is 1. The maximum Gasteiger partial charge on any atom is 0.339 e. The van der Waals surface area contributed by atoms with E-state index in [-0.39, 0.29) is 5.56 Å².